The van der Waals surface area contributed by atoms with E-state index in [0.29, 0.717) is 18.2 Å². The lowest BCUT2D eigenvalue weighted by molar-refractivity contribution is 0.0963. The zero-order valence-corrected chi connectivity index (χ0v) is 20.5. The van der Waals surface area contributed by atoms with Gasteiger partial charge in [0.15, 0.2) is 5.96 Å². The number of piperidine rings is 1. The van der Waals surface area contributed by atoms with Crippen molar-refractivity contribution in [1.82, 2.24) is 20.9 Å². The number of guanidine groups is 1. The van der Waals surface area contributed by atoms with Crippen molar-refractivity contribution in [3.05, 3.63) is 35.4 Å². The van der Waals surface area contributed by atoms with E-state index < -0.39 is 0 Å². The third-order valence-corrected chi connectivity index (χ3v) is 5.19. The van der Waals surface area contributed by atoms with E-state index in [1.165, 1.54) is 45.3 Å². The number of hydrogen-bond acceptors (Lipinski definition) is 3. The van der Waals surface area contributed by atoms with Crippen LogP contribution in [0.5, 0.6) is 0 Å². The molecule has 3 N–H and O–H groups in total. The number of aliphatic imine (C=N–C) groups is 1. The summed E-state index contributed by atoms with van der Waals surface area (Å²) in [5, 5.41) is 9.64. The van der Waals surface area contributed by atoms with E-state index in [-0.39, 0.29) is 29.9 Å². The fraction of sp³-hybridized carbons (Fsp3) is 0.636. The smallest absolute Gasteiger partial charge is 0.251 e. The van der Waals surface area contributed by atoms with E-state index >= 15 is 0 Å². The molecule has 0 aromatic heterocycles. The van der Waals surface area contributed by atoms with Crippen molar-refractivity contribution in [2.24, 2.45) is 4.99 Å². The third-order valence-electron chi connectivity index (χ3n) is 5.19. The normalized spacial score (nSPS) is 15.5. The molecule has 1 fully saturated rings. The zero-order chi connectivity index (χ0) is 20.2. The molecular weight excluding hydrogens is 477 g/mol. The number of amides is 1. The number of likely N-dealkylation sites (tertiary alicyclic amines) is 1. The SMILES string of the molecule is CCCCN1CCC(NC(=NCCc2cccc(C(=O)NC)c2)NCC)CC1.I. The van der Waals surface area contributed by atoms with Crippen LogP contribution in [0, 0.1) is 0 Å². The molecular formula is C22H38IN5O. The first kappa shape index (κ1) is 25.7. The molecule has 0 atom stereocenters. The van der Waals surface area contributed by atoms with Crippen LogP contribution in [0.15, 0.2) is 29.3 Å². The van der Waals surface area contributed by atoms with Gasteiger partial charge in [-0.15, -0.1) is 24.0 Å². The summed E-state index contributed by atoms with van der Waals surface area (Å²) in [5.41, 5.74) is 1.83. The van der Waals surface area contributed by atoms with Gasteiger partial charge in [-0.2, -0.15) is 0 Å². The van der Waals surface area contributed by atoms with Crippen molar-refractivity contribution < 1.29 is 4.79 Å². The Kier molecular flexibility index (Phi) is 12.9. The van der Waals surface area contributed by atoms with Crippen LogP contribution in [-0.4, -0.2) is 62.6 Å². The molecule has 0 unspecified atom stereocenters. The molecule has 2 rings (SSSR count). The summed E-state index contributed by atoms with van der Waals surface area (Å²) in [4.78, 5) is 19.1. The largest absolute Gasteiger partial charge is 0.357 e. The summed E-state index contributed by atoms with van der Waals surface area (Å²) < 4.78 is 0. The molecule has 0 spiro atoms. The van der Waals surface area contributed by atoms with Crippen LogP contribution in [0.3, 0.4) is 0 Å². The number of benzene rings is 1. The highest BCUT2D eigenvalue weighted by Gasteiger charge is 2.19. The van der Waals surface area contributed by atoms with Crippen molar-refractivity contribution in [3.8, 4) is 0 Å². The summed E-state index contributed by atoms with van der Waals surface area (Å²) in [7, 11) is 1.65. The Morgan fingerprint density at radius 3 is 2.66 bits per heavy atom. The molecule has 1 amide bonds. The average molecular weight is 515 g/mol. The summed E-state index contributed by atoms with van der Waals surface area (Å²) in [6, 6.07) is 8.26. The molecule has 1 aliphatic rings. The van der Waals surface area contributed by atoms with Gasteiger partial charge >= 0.3 is 0 Å². The highest BCUT2D eigenvalue weighted by atomic mass is 127. The van der Waals surface area contributed by atoms with Gasteiger partial charge in [0.2, 0.25) is 0 Å². The minimum atomic E-state index is -0.0503. The highest BCUT2D eigenvalue weighted by Crippen LogP contribution is 2.11. The molecule has 1 aromatic rings. The molecule has 0 bridgehead atoms. The molecule has 1 aromatic carbocycles. The zero-order valence-electron chi connectivity index (χ0n) is 18.2. The van der Waals surface area contributed by atoms with Crippen LogP contribution < -0.4 is 16.0 Å². The van der Waals surface area contributed by atoms with E-state index in [2.05, 4.69) is 34.7 Å². The van der Waals surface area contributed by atoms with Gasteiger partial charge in [0.05, 0.1) is 0 Å². The van der Waals surface area contributed by atoms with E-state index in [4.69, 9.17) is 4.99 Å². The molecule has 0 aliphatic carbocycles. The Labute approximate surface area is 193 Å². The van der Waals surface area contributed by atoms with Gasteiger partial charge in [-0.3, -0.25) is 9.79 Å². The first-order valence-electron chi connectivity index (χ1n) is 10.7. The number of carbonyl (C=O) groups is 1. The maximum absolute atomic E-state index is 11.8. The maximum atomic E-state index is 11.8. The Morgan fingerprint density at radius 2 is 2.00 bits per heavy atom. The van der Waals surface area contributed by atoms with Gasteiger partial charge in [0.1, 0.15) is 0 Å². The summed E-state index contributed by atoms with van der Waals surface area (Å²) in [6.07, 6.45) is 5.71. The standard InChI is InChI=1S/C22H37N5O.HI/c1-4-6-14-27-15-11-20(12-16-27)26-22(24-5-2)25-13-10-18-8-7-9-19(17-18)21(28)23-3;/h7-9,17,20H,4-6,10-16H2,1-3H3,(H,23,28)(H2,24,25,26);1H. The Morgan fingerprint density at radius 1 is 1.24 bits per heavy atom. The Bertz CT molecular complexity index is 629. The molecule has 6 nitrogen and oxygen atoms in total. The second-order valence-electron chi connectivity index (χ2n) is 7.40. The lowest BCUT2D eigenvalue weighted by Gasteiger charge is -2.33. The molecule has 29 heavy (non-hydrogen) atoms. The molecule has 164 valence electrons. The number of halogens is 1. The summed E-state index contributed by atoms with van der Waals surface area (Å²) >= 11 is 0. The van der Waals surface area contributed by atoms with Crippen LogP contribution in [0.4, 0.5) is 0 Å². The summed E-state index contributed by atoms with van der Waals surface area (Å²) in [6.45, 7) is 9.47. The van der Waals surface area contributed by atoms with Crippen LogP contribution in [0.25, 0.3) is 0 Å². The topological polar surface area (TPSA) is 68.8 Å². The predicted molar refractivity (Wildman–Crippen MR) is 132 cm³/mol. The second kappa shape index (κ2) is 14.6. The number of carbonyl (C=O) groups excluding carboxylic acids is 1. The molecule has 7 heteroatoms. The Balaban J connectivity index is 0.00000420. The number of rotatable bonds is 9. The average Bonchev–Trinajstić information content (AvgIpc) is 2.73. The molecule has 1 aliphatic heterocycles. The number of hydrogen-bond donors (Lipinski definition) is 3. The van der Waals surface area contributed by atoms with Crippen LogP contribution in [-0.2, 0) is 6.42 Å². The minimum absolute atomic E-state index is 0. The predicted octanol–water partition coefficient (Wildman–Crippen LogP) is 3.03. The van der Waals surface area contributed by atoms with Crippen molar-refractivity contribution >= 4 is 35.8 Å². The van der Waals surface area contributed by atoms with Gasteiger partial charge in [0.25, 0.3) is 5.91 Å². The van der Waals surface area contributed by atoms with Crippen molar-refractivity contribution in [1.29, 1.82) is 0 Å². The lowest BCUT2D eigenvalue weighted by Crippen LogP contribution is -2.48. The van der Waals surface area contributed by atoms with Crippen LogP contribution >= 0.6 is 24.0 Å². The monoisotopic (exact) mass is 515 g/mol. The number of nitrogens with zero attached hydrogens (tertiary/aromatic N) is 2. The highest BCUT2D eigenvalue weighted by molar-refractivity contribution is 14.0. The summed E-state index contributed by atoms with van der Waals surface area (Å²) in [5.74, 6) is 0.850. The van der Waals surface area contributed by atoms with Crippen LogP contribution in [0.2, 0.25) is 0 Å². The van der Waals surface area contributed by atoms with E-state index in [0.717, 1.165) is 24.5 Å². The van der Waals surface area contributed by atoms with Crippen LogP contribution in [0.1, 0.15) is 55.5 Å². The van der Waals surface area contributed by atoms with Gasteiger partial charge in [-0.1, -0.05) is 25.5 Å². The second-order valence-corrected chi connectivity index (χ2v) is 7.40. The molecule has 0 radical (unpaired) electrons. The third kappa shape index (κ3) is 9.33. The van der Waals surface area contributed by atoms with E-state index in [1.54, 1.807) is 7.05 Å². The Hall–Kier alpha value is -1.35. The van der Waals surface area contributed by atoms with Gasteiger partial charge < -0.3 is 20.9 Å². The van der Waals surface area contributed by atoms with E-state index in [9.17, 15) is 4.79 Å². The number of nitrogens with one attached hydrogen (secondary N) is 3. The van der Waals surface area contributed by atoms with Gasteiger partial charge in [-0.25, -0.2) is 0 Å². The number of unbranched alkanes of at least 4 members (excludes halogenated alkanes) is 1. The van der Waals surface area contributed by atoms with E-state index in [1.807, 2.05) is 24.3 Å². The van der Waals surface area contributed by atoms with Crippen molar-refractivity contribution in [2.75, 3.05) is 39.8 Å². The van der Waals surface area contributed by atoms with Gasteiger partial charge in [0, 0.05) is 44.8 Å². The fourth-order valence-electron chi connectivity index (χ4n) is 3.51. The van der Waals surface area contributed by atoms with Crippen molar-refractivity contribution in [3.63, 3.8) is 0 Å². The van der Waals surface area contributed by atoms with Crippen molar-refractivity contribution in [2.45, 2.75) is 52.0 Å². The molecule has 1 heterocycles. The quantitative estimate of drug-likeness (QED) is 0.269. The fourth-order valence-corrected chi connectivity index (χ4v) is 3.51. The maximum Gasteiger partial charge on any atom is 0.251 e. The van der Waals surface area contributed by atoms with Gasteiger partial charge in [-0.05, 0) is 56.8 Å². The molecule has 1 saturated heterocycles. The molecule has 0 saturated carbocycles. The lowest BCUT2D eigenvalue weighted by atomic mass is 10.0. The first-order chi connectivity index (χ1) is 13.7. The minimum Gasteiger partial charge on any atom is -0.357 e. The first-order valence-corrected chi connectivity index (χ1v) is 10.7.